The van der Waals surface area contributed by atoms with Gasteiger partial charge in [-0.1, -0.05) is 30.3 Å². The number of carbonyl (C=O) groups excluding carboxylic acids is 2. The molecule has 0 spiro atoms. The quantitative estimate of drug-likeness (QED) is 0.510. The zero-order valence-corrected chi connectivity index (χ0v) is 20.0. The topological polar surface area (TPSA) is 90.9 Å². The van der Waals surface area contributed by atoms with Crippen LogP contribution in [0.15, 0.2) is 30.3 Å². The first kappa shape index (κ1) is 23.1. The Labute approximate surface area is 196 Å². The third-order valence-electron chi connectivity index (χ3n) is 6.27. The summed E-state index contributed by atoms with van der Waals surface area (Å²) >= 11 is 1.33. The molecular formula is C24H27N3O5S. The lowest BCUT2D eigenvalue weighted by Crippen LogP contribution is -2.49. The Morgan fingerprint density at radius 2 is 1.79 bits per heavy atom. The number of benzene rings is 1. The van der Waals surface area contributed by atoms with Gasteiger partial charge >= 0.3 is 5.97 Å². The number of amides is 1. The van der Waals surface area contributed by atoms with Crippen LogP contribution in [-0.4, -0.2) is 61.2 Å². The Bertz CT molecular complexity index is 1170. The molecule has 0 saturated carbocycles. The van der Waals surface area contributed by atoms with E-state index in [0.29, 0.717) is 47.3 Å². The largest absolute Gasteiger partial charge is 0.480 e. The number of fused-ring (bicyclic) bond motifs is 1. The number of hydrogen-bond acceptors (Lipinski definition) is 8. The molecule has 1 fully saturated rings. The van der Waals surface area contributed by atoms with E-state index in [1.165, 1.54) is 18.4 Å². The summed E-state index contributed by atoms with van der Waals surface area (Å²) in [5.41, 5.74) is 0.979. The second-order valence-electron chi connectivity index (χ2n) is 8.05. The van der Waals surface area contributed by atoms with Gasteiger partial charge in [-0.3, -0.25) is 9.59 Å². The van der Waals surface area contributed by atoms with Gasteiger partial charge in [-0.05, 0) is 30.9 Å². The number of thiophene rings is 1. The highest BCUT2D eigenvalue weighted by molar-refractivity contribution is 7.20. The fraction of sp³-hybridized carbons (Fsp3) is 0.417. The highest BCUT2D eigenvalue weighted by Gasteiger charge is 2.45. The van der Waals surface area contributed by atoms with Crippen LogP contribution in [0.5, 0.6) is 5.88 Å². The molecule has 0 atom stereocenters. The van der Waals surface area contributed by atoms with E-state index >= 15 is 0 Å². The van der Waals surface area contributed by atoms with Crippen molar-refractivity contribution in [1.29, 1.82) is 0 Å². The van der Waals surface area contributed by atoms with Gasteiger partial charge in [0.2, 0.25) is 5.88 Å². The van der Waals surface area contributed by atoms with Crippen molar-refractivity contribution in [3.63, 3.8) is 0 Å². The fourth-order valence-electron chi connectivity index (χ4n) is 4.49. The second-order valence-corrected chi connectivity index (χ2v) is 9.05. The number of hydrogen-bond donors (Lipinski definition) is 0. The number of ether oxygens (including phenoxy) is 3. The van der Waals surface area contributed by atoms with E-state index in [1.807, 2.05) is 37.3 Å². The summed E-state index contributed by atoms with van der Waals surface area (Å²) in [4.78, 5) is 38.4. The van der Waals surface area contributed by atoms with Gasteiger partial charge in [-0.25, -0.2) is 4.98 Å². The normalized spacial score (nSPS) is 15.5. The van der Waals surface area contributed by atoms with Crippen molar-refractivity contribution < 1.29 is 23.8 Å². The molecule has 0 unspecified atom stereocenters. The minimum Gasteiger partial charge on any atom is -0.480 e. The summed E-state index contributed by atoms with van der Waals surface area (Å²) in [5.74, 6) is 0.611. The van der Waals surface area contributed by atoms with Gasteiger partial charge in [0, 0.05) is 20.2 Å². The van der Waals surface area contributed by atoms with Crippen molar-refractivity contribution in [2.24, 2.45) is 0 Å². The van der Waals surface area contributed by atoms with E-state index in [4.69, 9.17) is 14.2 Å². The van der Waals surface area contributed by atoms with Crippen molar-refractivity contribution in [2.45, 2.75) is 31.8 Å². The molecule has 1 aromatic carbocycles. The van der Waals surface area contributed by atoms with Crippen LogP contribution in [0.4, 0.5) is 0 Å². The molecule has 0 aliphatic carbocycles. The van der Waals surface area contributed by atoms with Crippen LogP contribution in [-0.2, 0) is 26.3 Å². The van der Waals surface area contributed by atoms with E-state index in [1.54, 1.807) is 19.1 Å². The summed E-state index contributed by atoms with van der Waals surface area (Å²) in [6.45, 7) is 3.05. The molecule has 33 heavy (non-hydrogen) atoms. The first-order chi connectivity index (χ1) is 15.9. The monoisotopic (exact) mass is 469 g/mol. The molecule has 1 aliphatic rings. The number of aryl methyl sites for hydroxylation is 1. The highest BCUT2D eigenvalue weighted by Crippen LogP contribution is 2.39. The second kappa shape index (κ2) is 9.44. The Hall–Kier alpha value is -3.04. The summed E-state index contributed by atoms with van der Waals surface area (Å²) < 4.78 is 15.8. The van der Waals surface area contributed by atoms with Crippen molar-refractivity contribution in [1.82, 2.24) is 14.9 Å². The molecule has 0 bridgehead atoms. The van der Waals surface area contributed by atoms with E-state index in [0.717, 1.165) is 16.5 Å². The molecule has 0 radical (unpaired) electrons. The van der Waals surface area contributed by atoms with Crippen molar-refractivity contribution in [3.05, 3.63) is 52.2 Å². The molecule has 1 saturated heterocycles. The van der Waals surface area contributed by atoms with Gasteiger partial charge in [0.25, 0.3) is 5.91 Å². The van der Waals surface area contributed by atoms with E-state index < -0.39 is 5.41 Å². The predicted molar refractivity (Wildman–Crippen MR) is 125 cm³/mol. The average molecular weight is 470 g/mol. The van der Waals surface area contributed by atoms with Crippen molar-refractivity contribution in [3.8, 4) is 5.88 Å². The fourth-order valence-corrected chi connectivity index (χ4v) is 5.65. The Morgan fingerprint density at radius 1 is 1.09 bits per heavy atom. The zero-order valence-electron chi connectivity index (χ0n) is 19.2. The smallest absolute Gasteiger partial charge is 0.316 e. The van der Waals surface area contributed by atoms with Crippen molar-refractivity contribution in [2.75, 3.05) is 34.4 Å². The molecule has 4 rings (SSSR count). The number of likely N-dealkylation sites (tertiary alicyclic amines) is 1. The van der Waals surface area contributed by atoms with E-state index in [9.17, 15) is 9.59 Å². The maximum Gasteiger partial charge on any atom is 0.316 e. The number of methoxy groups -OCH3 is 3. The minimum atomic E-state index is -0.744. The average Bonchev–Trinajstić information content (AvgIpc) is 3.19. The number of esters is 1. The first-order valence-corrected chi connectivity index (χ1v) is 11.5. The molecule has 174 valence electrons. The minimum absolute atomic E-state index is 0.0719. The summed E-state index contributed by atoms with van der Waals surface area (Å²) in [6.07, 6.45) is 1.00. The zero-order chi connectivity index (χ0) is 23.6. The molecule has 8 nitrogen and oxygen atoms in total. The van der Waals surface area contributed by atoms with Gasteiger partial charge in [0.05, 0.1) is 29.9 Å². The Balaban J connectivity index is 1.62. The Kier molecular flexibility index (Phi) is 6.62. The number of nitrogens with zero attached hydrogens (tertiary/aromatic N) is 3. The third kappa shape index (κ3) is 4.06. The van der Waals surface area contributed by atoms with E-state index in [-0.39, 0.29) is 18.5 Å². The summed E-state index contributed by atoms with van der Waals surface area (Å²) in [5, 5.41) is 0.746. The number of carbonyl (C=O) groups is 2. The number of piperidine rings is 1. The molecule has 3 heterocycles. The van der Waals surface area contributed by atoms with Crippen LogP contribution >= 0.6 is 11.3 Å². The molecule has 3 aromatic rings. The Morgan fingerprint density at radius 3 is 2.39 bits per heavy atom. The first-order valence-electron chi connectivity index (χ1n) is 10.7. The van der Waals surface area contributed by atoms with Gasteiger partial charge in [0.15, 0.2) is 5.82 Å². The number of aromatic nitrogens is 2. The molecule has 1 aliphatic heterocycles. The van der Waals surface area contributed by atoms with Crippen LogP contribution in [0.25, 0.3) is 10.2 Å². The summed E-state index contributed by atoms with van der Waals surface area (Å²) in [7, 11) is 4.55. The molecule has 1 amide bonds. The third-order valence-corrected chi connectivity index (χ3v) is 7.44. The molecule has 9 heteroatoms. The van der Waals surface area contributed by atoms with Gasteiger partial charge in [-0.15, -0.1) is 11.3 Å². The predicted octanol–water partition coefficient (Wildman–Crippen LogP) is 3.50. The lowest BCUT2D eigenvalue weighted by atomic mass is 9.72. The SMILES string of the molecule is COCc1nc(OC)c2c(C)c(C(=O)N3CCC(C(=O)OC)(c4ccccc4)CC3)sc2n1. The highest BCUT2D eigenvalue weighted by atomic mass is 32.1. The van der Waals surface area contributed by atoms with Gasteiger partial charge in [-0.2, -0.15) is 4.98 Å². The van der Waals surface area contributed by atoms with Gasteiger partial charge in [0.1, 0.15) is 11.4 Å². The lowest BCUT2D eigenvalue weighted by molar-refractivity contribution is -0.149. The molecule has 0 N–H and O–H groups in total. The van der Waals surface area contributed by atoms with Crippen LogP contribution in [0.2, 0.25) is 0 Å². The van der Waals surface area contributed by atoms with Crippen LogP contribution in [0, 0.1) is 6.92 Å². The molecular weight excluding hydrogens is 442 g/mol. The van der Waals surface area contributed by atoms with E-state index in [2.05, 4.69) is 9.97 Å². The van der Waals surface area contributed by atoms with Crippen LogP contribution in [0.3, 0.4) is 0 Å². The van der Waals surface area contributed by atoms with Gasteiger partial charge < -0.3 is 19.1 Å². The number of rotatable bonds is 6. The van der Waals surface area contributed by atoms with Crippen LogP contribution < -0.4 is 4.74 Å². The maximum atomic E-state index is 13.5. The summed E-state index contributed by atoms with van der Waals surface area (Å²) in [6, 6.07) is 9.67. The molecule has 2 aromatic heterocycles. The van der Waals surface area contributed by atoms with Crippen LogP contribution in [0.1, 0.15) is 39.5 Å². The standard InChI is InChI=1S/C24H27N3O5S/c1-15-18-20(31-3)25-17(14-30-2)26-21(18)33-19(15)22(28)27-12-10-24(11-13-27,23(29)32-4)16-8-6-5-7-9-16/h5-9H,10-14H2,1-4H3. The maximum absolute atomic E-state index is 13.5. The lowest BCUT2D eigenvalue weighted by Gasteiger charge is -2.40. The van der Waals surface area contributed by atoms with Crippen molar-refractivity contribution >= 4 is 33.4 Å².